The van der Waals surface area contributed by atoms with Gasteiger partial charge in [0.15, 0.2) is 0 Å². The lowest BCUT2D eigenvalue weighted by Crippen LogP contribution is -2.41. The van der Waals surface area contributed by atoms with Crippen LogP contribution in [0.5, 0.6) is 0 Å². The molecule has 0 aliphatic heterocycles. The molecule has 0 aromatic heterocycles. The normalized spacial score (nSPS) is 17.4. The van der Waals surface area contributed by atoms with E-state index >= 15 is 0 Å². The highest BCUT2D eigenvalue weighted by Gasteiger charge is 2.27. The lowest BCUT2D eigenvalue weighted by molar-refractivity contribution is -0.135. The minimum Gasteiger partial charge on any atom is -0.480 e. The smallest absolute Gasteiger partial charge is 0.323 e. The van der Waals surface area contributed by atoms with Gasteiger partial charge in [-0.05, 0) is 43.9 Å². The Balaban J connectivity index is 2.21. The number of hydrogen-bond acceptors (Lipinski definition) is 2. The third-order valence-corrected chi connectivity index (χ3v) is 4.25. The molecule has 0 radical (unpaired) electrons. The molecule has 0 amide bonds. The number of nitrogens with zero attached hydrogens (tertiary/aromatic N) is 1. The average Bonchev–Trinajstić information content (AvgIpc) is 2.88. The highest BCUT2D eigenvalue weighted by Crippen LogP contribution is 2.32. The van der Waals surface area contributed by atoms with Gasteiger partial charge in [-0.2, -0.15) is 0 Å². The highest BCUT2D eigenvalue weighted by molar-refractivity contribution is 6.30. The van der Waals surface area contributed by atoms with Gasteiger partial charge in [0.2, 0.25) is 0 Å². The van der Waals surface area contributed by atoms with E-state index in [4.69, 9.17) is 16.7 Å². The van der Waals surface area contributed by atoms with Crippen LogP contribution in [-0.2, 0) is 4.79 Å². The molecule has 1 saturated carbocycles. The number of carboxylic acid groups (broad SMARTS) is 1. The Bertz CT molecular complexity index is 444. The van der Waals surface area contributed by atoms with Crippen LogP contribution in [0, 0.1) is 5.92 Å². The highest BCUT2D eigenvalue weighted by atomic mass is 35.5. The summed E-state index contributed by atoms with van der Waals surface area (Å²) in [7, 11) is 0. The molecule has 1 aromatic carbocycles. The maximum atomic E-state index is 11.1. The number of anilines is 1. The third kappa shape index (κ3) is 3.63. The van der Waals surface area contributed by atoms with Gasteiger partial charge in [0.25, 0.3) is 0 Å². The number of rotatable bonds is 5. The van der Waals surface area contributed by atoms with Gasteiger partial charge >= 0.3 is 5.97 Å². The molecule has 1 atom stereocenters. The first kappa shape index (κ1) is 14.2. The zero-order chi connectivity index (χ0) is 13.8. The predicted octanol–water partition coefficient (Wildman–Crippen LogP) is 3.81. The molecule has 1 aromatic rings. The summed E-state index contributed by atoms with van der Waals surface area (Å²) in [5, 5.41) is 9.78. The molecule has 19 heavy (non-hydrogen) atoms. The molecular formula is C15H20ClNO2. The van der Waals surface area contributed by atoms with Crippen LogP contribution in [0.4, 0.5) is 5.69 Å². The van der Waals surface area contributed by atoms with Gasteiger partial charge in [-0.1, -0.05) is 30.5 Å². The SMILES string of the molecule is CC(C1CCCC1)N(CC(=O)O)c1cccc(Cl)c1. The predicted molar refractivity (Wildman–Crippen MR) is 77.9 cm³/mol. The summed E-state index contributed by atoms with van der Waals surface area (Å²) in [5.41, 5.74) is 0.898. The van der Waals surface area contributed by atoms with Gasteiger partial charge < -0.3 is 10.0 Å². The quantitative estimate of drug-likeness (QED) is 0.892. The minimum atomic E-state index is -0.801. The lowest BCUT2D eigenvalue weighted by Gasteiger charge is -2.34. The largest absolute Gasteiger partial charge is 0.480 e. The van der Waals surface area contributed by atoms with E-state index in [9.17, 15) is 4.79 Å². The zero-order valence-electron chi connectivity index (χ0n) is 11.2. The van der Waals surface area contributed by atoms with Crippen molar-refractivity contribution in [2.75, 3.05) is 11.4 Å². The Labute approximate surface area is 119 Å². The summed E-state index contributed by atoms with van der Waals surface area (Å²) in [6, 6.07) is 7.69. The van der Waals surface area contributed by atoms with E-state index < -0.39 is 5.97 Å². The van der Waals surface area contributed by atoms with Crippen molar-refractivity contribution in [2.45, 2.75) is 38.6 Å². The molecule has 0 bridgehead atoms. The van der Waals surface area contributed by atoms with Crippen molar-refractivity contribution in [3.8, 4) is 0 Å². The van der Waals surface area contributed by atoms with Gasteiger partial charge in [-0.15, -0.1) is 0 Å². The van der Waals surface area contributed by atoms with E-state index in [1.165, 1.54) is 25.7 Å². The molecule has 0 spiro atoms. The van der Waals surface area contributed by atoms with Crippen LogP contribution in [0.3, 0.4) is 0 Å². The molecule has 1 unspecified atom stereocenters. The maximum absolute atomic E-state index is 11.1. The summed E-state index contributed by atoms with van der Waals surface area (Å²) in [6.45, 7) is 2.15. The second-order valence-electron chi connectivity index (χ2n) is 5.29. The summed E-state index contributed by atoms with van der Waals surface area (Å²) in [4.78, 5) is 13.1. The standard InChI is InChI=1S/C15H20ClNO2/c1-11(12-5-2-3-6-12)17(10-15(18)19)14-8-4-7-13(16)9-14/h4,7-9,11-12H,2-3,5-6,10H2,1H3,(H,18,19). The van der Waals surface area contributed by atoms with Gasteiger partial charge in [-0.25, -0.2) is 0 Å². The van der Waals surface area contributed by atoms with Gasteiger partial charge in [-0.3, -0.25) is 4.79 Å². The number of aliphatic carboxylic acids is 1. The number of carbonyl (C=O) groups is 1. The van der Waals surface area contributed by atoms with Crippen LogP contribution in [0.15, 0.2) is 24.3 Å². The maximum Gasteiger partial charge on any atom is 0.323 e. The zero-order valence-corrected chi connectivity index (χ0v) is 11.9. The van der Waals surface area contributed by atoms with E-state index in [-0.39, 0.29) is 12.6 Å². The molecule has 104 valence electrons. The number of benzene rings is 1. The van der Waals surface area contributed by atoms with E-state index in [2.05, 4.69) is 6.92 Å². The first-order valence-electron chi connectivity index (χ1n) is 6.82. The Hall–Kier alpha value is -1.22. The first-order valence-corrected chi connectivity index (χ1v) is 7.19. The van der Waals surface area contributed by atoms with Crippen molar-refractivity contribution in [1.82, 2.24) is 0 Å². The van der Waals surface area contributed by atoms with Crippen LogP contribution >= 0.6 is 11.6 Å². The fourth-order valence-electron chi connectivity index (χ4n) is 2.97. The average molecular weight is 282 g/mol. The minimum absolute atomic E-state index is 0.0258. The second-order valence-corrected chi connectivity index (χ2v) is 5.72. The number of halogens is 1. The Morgan fingerprint density at radius 1 is 1.47 bits per heavy atom. The van der Waals surface area contributed by atoms with Gasteiger partial charge in [0.1, 0.15) is 6.54 Å². The first-order chi connectivity index (χ1) is 9.08. The van der Waals surface area contributed by atoms with E-state index in [0.29, 0.717) is 10.9 Å². The molecule has 4 heteroatoms. The van der Waals surface area contributed by atoms with Crippen LogP contribution in [-0.4, -0.2) is 23.7 Å². The Kier molecular flexibility index (Phi) is 4.70. The molecule has 1 N–H and O–H groups in total. The van der Waals surface area contributed by atoms with Crippen LogP contribution in [0.1, 0.15) is 32.6 Å². The van der Waals surface area contributed by atoms with Crippen molar-refractivity contribution in [3.63, 3.8) is 0 Å². The molecule has 1 fully saturated rings. The second kappa shape index (κ2) is 6.29. The Morgan fingerprint density at radius 2 is 2.16 bits per heavy atom. The molecule has 0 heterocycles. The van der Waals surface area contributed by atoms with Gasteiger partial charge in [0.05, 0.1) is 0 Å². The fraction of sp³-hybridized carbons (Fsp3) is 0.533. The monoisotopic (exact) mass is 281 g/mol. The topological polar surface area (TPSA) is 40.5 Å². The molecule has 1 aliphatic rings. The summed E-state index contributed by atoms with van der Waals surface area (Å²) in [5.74, 6) is -0.219. The van der Waals surface area contributed by atoms with Crippen molar-refractivity contribution in [3.05, 3.63) is 29.3 Å². The number of hydrogen-bond donors (Lipinski definition) is 1. The summed E-state index contributed by atoms with van der Waals surface area (Å²) in [6.07, 6.45) is 4.90. The molecule has 2 rings (SSSR count). The Morgan fingerprint density at radius 3 is 2.74 bits per heavy atom. The fourth-order valence-corrected chi connectivity index (χ4v) is 3.15. The van der Waals surface area contributed by atoms with Crippen molar-refractivity contribution in [2.24, 2.45) is 5.92 Å². The molecule has 1 aliphatic carbocycles. The van der Waals surface area contributed by atoms with E-state index in [0.717, 1.165) is 5.69 Å². The molecule has 0 saturated heterocycles. The van der Waals surface area contributed by atoms with Gasteiger partial charge in [0, 0.05) is 16.8 Å². The van der Waals surface area contributed by atoms with Crippen LogP contribution in [0.25, 0.3) is 0 Å². The summed E-state index contributed by atoms with van der Waals surface area (Å²) < 4.78 is 0. The molecule has 3 nitrogen and oxygen atoms in total. The molecular weight excluding hydrogens is 262 g/mol. The van der Waals surface area contributed by atoms with E-state index in [1.54, 1.807) is 0 Å². The van der Waals surface area contributed by atoms with Crippen molar-refractivity contribution in [1.29, 1.82) is 0 Å². The van der Waals surface area contributed by atoms with Crippen LogP contribution in [0.2, 0.25) is 5.02 Å². The van der Waals surface area contributed by atoms with E-state index in [1.807, 2.05) is 29.2 Å². The lowest BCUT2D eigenvalue weighted by atomic mass is 9.97. The third-order valence-electron chi connectivity index (χ3n) is 4.02. The number of carboxylic acids is 1. The summed E-state index contributed by atoms with van der Waals surface area (Å²) >= 11 is 6.02. The van der Waals surface area contributed by atoms with Crippen molar-refractivity contribution >= 4 is 23.3 Å². The van der Waals surface area contributed by atoms with Crippen LogP contribution < -0.4 is 4.90 Å². The van der Waals surface area contributed by atoms with Crippen molar-refractivity contribution < 1.29 is 9.90 Å².